The van der Waals surface area contributed by atoms with E-state index in [0.29, 0.717) is 28.5 Å². The number of amides is 1. The number of benzene rings is 3. The molecule has 1 amide bonds. The Morgan fingerprint density at radius 1 is 0.688 bits per heavy atom. The molecule has 3 heteroatoms. The molecule has 0 N–H and O–H groups in total. The van der Waals surface area contributed by atoms with Gasteiger partial charge in [-0.2, -0.15) is 0 Å². The van der Waals surface area contributed by atoms with Crippen molar-refractivity contribution in [1.29, 1.82) is 0 Å². The summed E-state index contributed by atoms with van der Waals surface area (Å²) in [5, 5.41) is 0. The van der Waals surface area contributed by atoms with Crippen molar-refractivity contribution in [2.75, 3.05) is 6.54 Å². The third-order valence-electron chi connectivity index (χ3n) is 7.31. The highest BCUT2D eigenvalue weighted by molar-refractivity contribution is 6.15. The van der Waals surface area contributed by atoms with Crippen molar-refractivity contribution >= 4 is 11.7 Å². The Labute approximate surface area is 190 Å². The van der Waals surface area contributed by atoms with Crippen LogP contribution in [0.5, 0.6) is 0 Å². The fraction of sp³-hybridized carbons (Fsp3) is 0.310. The molecule has 1 saturated heterocycles. The average Bonchev–Trinajstić information content (AvgIpc) is 2.88. The molecule has 0 aromatic heterocycles. The fourth-order valence-corrected chi connectivity index (χ4v) is 5.79. The quantitative estimate of drug-likeness (QED) is 0.475. The highest BCUT2D eigenvalue weighted by Gasteiger charge is 2.42. The molecule has 1 aliphatic carbocycles. The first-order chi connectivity index (χ1) is 15.7. The second-order valence-corrected chi connectivity index (χ2v) is 9.06. The number of likely N-dealkylation sites (tertiary alicyclic amines) is 1. The van der Waals surface area contributed by atoms with Crippen molar-refractivity contribution in [2.45, 2.75) is 44.1 Å². The van der Waals surface area contributed by atoms with Gasteiger partial charge in [0.25, 0.3) is 5.91 Å². The summed E-state index contributed by atoms with van der Waals surface area (Å²) in [6.45, 7) is 0.743. The van der Waals surface area contributed by atoms with Crippen LogP contribution in [-0.4, -0.2) is 29.2 Å². The molecule has 1 aliphatic heterocycles. The van der Waals surface area contributed by atoms with Crippen LogP contribution < -0.4 is 0 Å². The summed E-state index contributed by atoms with van der Waals surface area (Å²) in [6, 6.07) is 27.6. The van der Waals surface area contributed by atoms with Gasteiger partial charge in [0.15, 0.2) is 5.78 Å². The first-order valence-electron chi connectivity index (χ1n) is 11.8. The van der Waals surface area contributed by atoms with Crippen LogP contribution in [-0.2, 0) is 0 Å². The topological polar surface area (TPSA) is 37.4 Å². The number of fused-ring (bicyclic) bond motifs is 1. The van der Waals surface area contributed by atoms with Crippen LogP contribution >= 0.6 is 0 Å². The smallest absolute Gasteiger partial charge is 0.254 e. The Kier molecular flexibility index (Phi) is 5.89. The highest BCUT2D eigenvalue weighted by Crippen LogP contribution is 2.44. The van der Waals surface area contributed by atoms with E-state index in [-0.39, 0.29) is 17.7 Å². The molecular weight excluding hydrogens is 394 g/mol. The van der Waals surface area contributed by atoms with Gasteiger partial charge >= 0.3 is 0 Å². The number of carbonyl (C=O) groups excluding carboxylic acids is 2. The van der Waals surface area contributed by atoms with E-state index < -0.39 is 0 Å². The van der Waals surface area contributed by atoms with Crippen molar-refractivity contribution < 1.29 is 9.59 Å². The Balaban J connectivity index is 1.45. The molecule has 2 fully saturated rings. The molecule has 2 aliphatic rings. The lowest BCUT2D eigenvalue weighted by atomic mass is 9.69. The van der Waals surface area contributed by atoms with Gasteiger partial charge in [-0.1, -0.05) is 91.7 Å². The van der Waals surface area contributed by atoms with Crippen LogP contribution in [0.4, 0.5) is 0 Å². The lowest BCUT2D eigenvalue weighted by Crippen LogP contribution is -2.52. The van der Waals surface area contributed by atoms with Crippen molar-refractivity contribution in [3.8, 4) is 0 Å². The number of piperidine rings is 1. The van der Waals surface area contributed by atoms with E-state index in [2.05, 4.69) is 35.2 Å². The average molecular weight is 424 g/mol. The van der Waals surface area contributed by atoms with E-state index >= 15 is 0 Å². The molecule has 3 atom stereocenters. The van der Waals surface area contributed by atoms with Crippen LogP contribution in [0.25, 0.3) is 0 Å². The van der Waals surface area contributed by atoms with Crippen LogP contribution in [0, 0.1) is 5.92 Å². The maximum absolute atomic E-state index is 13.8. The first-order valence-corrected chi connectivity index (χ1v) is 11.8. The molecule has 0 bridgehead atoms. The Morgan fingerprint density at radius 2 is 1.31 bits per heavy atom. The second-order valence-electron chi connectivity index (χ2n) is 9.06. The number of carbonyl (C=O) groups is 2. The zero-order chi connectivity index (χ0) is 21.9. The summed E-state index contributed by atoms with van der Waals surface area (Å²) in [4.78, 5) is 29.1. The van der Waals surface area contributed by atoms with Gasteiger partial charge in [-0.25, -0.2) is 0 Å². The molecule has 0 unspecified atom stereocenters. The van der Waals surface area contributed by atoms with Crippen LogP contribution in [0.1, 0.15) is 69.9 Å². The number of nitrogens with zero attached hydrogens (tertiary/aromatic N) is 1. The molecular formula is C29H29NO2. The van der Waals surface area contributed by atoms with Crippen molar-refractivity contribution in [2.24, 2.45) is 5.92 Å². The number of ketones is 1. The minimum Gasteiger partial charge on any atom is -0.335 e. The molecule has 5 rings (SSSR count). The van der Waals surface area contributed by atoms with E-state index in [4.69, 9.17) is 0 Å². The number of hydrogen-bond acceptors (Lipinski definition) is 2. The number of rotatable bonds is 4. The van der Waals surface area contributed by atoms with Gasteiger partial charge in [-0.3, -0.25) is 9.59 Å². The summed E-state index contributed by atoms with van der Waals surface area (Å²) >= 11 is 0. The van der Waals surface area contributed by atoms with Gasteiger partial charge in [-0.05, 0) is 42.7 Å². The normalized spacial score (nSPS) is 22.8. The Morgan fingerprint density at radius 3 is 2.06 bits per heavy atom. The van der Waals surface area contributed by atoms with E-state index in [1.165, 1.54) is 18.4 Å². The number of hydrogen-bond donors (Lipinski definition) is 0. The zero-order valence-corrected chi connectivity index (χ0v) is 18.3. The van der Waals surface area contributed by atoms with Gasteiger partial charge in [0, 0.05) is 23.7 Å². The van der Waals surface area contributed by atoms with Crippen molar-refractivity contribution in [3.63, 3.8) is 0 Å². The molecule has 0 radical (unpaired) electrons. The van der Waals surface area contributed by atoms with E-state index in [1.54, 1.807) is 6.07 Å². The minimum atomic E-state index is -0.0890. The maximum atomic E-state index is 13.8. The Hall–Kier alpha value is -3.20. The maximum Gasteiger partial charge on any atom is 0.254 e. The molecule has 3 aromatic rings. The SMILES string of the molecule is O=C(c1ccccc1)c1ccccc1C(=O)N1CC[C@@H](c2ccccc2)[C@@H]2CCCC[C@@H]21. The standard InChI is InChI=1S/C29H29NO2/c31-28(22-13-5-2-6-14-22)25-16-7-8-17-26(25)29(32)30-20-19-23(21-11-3-1-4-12-21)24-15-9-10-18-27(24)30/h1-8,11-14,16-17,23-24,27H,9-10,15,18-20H2/t23-,24-,27-/m0/s1. The minimum absolute atomic E-state index is 0.00768. The second kappa shape index (κ2) is 9.12. The molecule has 1 saturated carbocycles. The van der Waals surface area contributed by atoms with E-state index in [1.807, 2.05) is 48.5 Å². The predicted molar refractivity (Wildman–Crippen MR) is 127 cm³/mol. The predicted octanol–water partition coefficient (Wildman–Crippen LogP) is 6.11. The van der Waals surface area contributed by atoms with E-state index in [9.17, 15) is 9.59 Å². The largest absolute Gasteiger partial charge is 0.335 e. The molecule has 162 valence electrons. The van der Waals surface area contributed by atoms with Crippen LogP contribution in [0.3, 0.4) is 0 Å². The Bertz CT molecular complexity index is 1090. The molecule has 3 aromatic carbocycles. The van der Waals surface area contributed by atoms with Gasteiger partial charge in [0.1, 0.15) is 0 Å². The lowest BCUT2D eigenvalue weighted by molar-refractivity contribution is 0.0318. The van der Waals surface area contributed by atoms with Crippen molar-refractivity contribution in [1.82, 2.24) is 4.90 Å². The monoisotopic (exact) mass is 423 g/mol. The lowest BCUT2D eigenvalue weighted by Gasteiger charge is -2.48. The van der Waals surface area contributed by atoms with Gasteiger partial charge in [0.2, 0.25) is 0 Å². The van der Waals surface area contributed by atoms with E-state index in [0.717, 1.165) is 25.8 Å². The molecule has 1 heterocycles. The highest BCUT2D eigenvalue weighted by atomic mass is 16.2. The summed E-state index contributed by atoms with van der Waals surface area (Å²) in [6.07, 6.45) is 5.59. The molecule has 0 spiro atoms. The zero-order valence-electron chi connectivity index (χ0n) is 18.3. The summed E-state index contributed by atoms with van der Waals surface area (Å²) < 4.78 is 0. The summed E-state index contributed by atoms with van der Waals surface area (Å²) in [5.74, 6) is 0.912. The third kappa shape index (κ3) is 3.88. The van der Waals surface area contributed by atoms with Crippen LogP contribution in [0.15, 0.2) is 84.9 Å². The van der Waals surface area contributed by atoms with Gasteiger partial charge in [0.05, 0.1) is 5.56 Å². The third-order valence-corrected chi connectivity index (χ3v) is 7.31. The summed E-state index contributed by atoms with van der Waals surface area (Å²) in [5.41, 5.74) is 3.05. The van der Waals surface area contributed by atoms with Gasteiger partial charge in [-0.15, -0.1) is 0 Å². The molecule has 3 nitrogen and oxygen atoms in total. The van der Waals surface area contributed by atoms with Gasteiger partial charge < -0.3 is 4.90 Å². The van der Waals surface area contributed by atoms with Crippen molar-refractivity contribution in [3.05, 3.63) is 107 Å². The first kappa shape index (κ1) is 20.7. The molecule has 32 heavy (non-hydrogen) atoms. The van der Waals surface area contributed by atoms with Crippen LogP contribution in [0.2, 0.25) is 0 Å². The fourth-order valence-electron chi connectivity index (χ4n) is 5.79. The summed E-state index contributed by atoms with van der Waals surface area (Å²) in [7, 11) is 0.